The van der Waals surface area contributed by atoms with Crippen LogP contribution in [0.3, 0.4) is 0 Å². The van der Waals surface area contributed by atoms with Gasteiger partial charge < -0.3 is 5.73 Å². The maximum Gasteiger partial charge on any atom is 0.417 e. The maximum absolute atomic E-state index is 12.7. The van der Waals surface area contributed by atoms with E-state index in [1.54, 1.807) is 19.2 Å². The van der Waals surface area contributed by atoms with E-state index >= 15 is 0 Å². The topological polar surface area (TPSA) is 26.0 Å². The molecule has 5 heteroatoms. The molecule has 1 rings (SSSR count). The molecule has 0 spiro atoms. The van der Waals surface area contributed by atoms with Crippen LogP contribution in [0.1, 0.15) is 18.1 Å². The van der Waals surface area contributed by atoms with Gasteiger partial charge in [0.1, 0.15) is 0 Å². The summed E-state index contributed by atoms with van der Waals surface area (Å²) in [4.78, 5) is 0.251. The van der Waals surface area contributed by atoms with Gasteiger partial charge in [-0.05, 0) is 37.3 Å². The van der Waals surface area contributed by atoms with Crippen molar-refractivity contribution in [1.82, 2.24) is 0 Å². The Morgan fingerprint density at radius 1 is 1.38 bits per heavy atom. The van der Waals surface area contributed by atoms with Crippen LogP contribution in [0.25, 0.3) is 0 Å². The summed E-state index contributed by atoms with van der Waals surface area (Å²) >= 11 is 1.10. The third-order valence-corrected chi connectivity index (χ3v) is 2.92. The van der Waals surface area contributed by atoms with Crippen molar-refractivity contribution in [2.24, 2.45) is 5.73 Å². The maximum atomic E-state index is 12.7. The second kappa shape index (κ2) is 5.10. The minimum absolute atomic E-state index is 0.138. The molecule has 0 amide bonds. The van der Waals surface area contributed by atoms with Crippen molar-refractivity contribution >= 4 is 11.8 Å². The van der Waals surface area contributed by atoms with Crippen molar-refractivity contribution < 1.29 is 13.2 Å². The third kappa shape index (κ3) is 3.42. The number of alkyl halides is 3. The number of benzene rings is 1. The van der Waals surface area contributed by atoms with E-state index in [1.165, 1.54) is 12.1 Å². The van der Waals surface area contributed by atoms with Gasteiger partial charge in [0.25, 0.3) is 0 Å². The summed E-state index contributed by atoms with van der Waals surface area (Å²) in [5, 5.41) is 0. The molecule has 1 atom stereocenters. The fraction of sp³-hybridized carbons (Fsp3) is 0.455. The van der Waals surface area contributed by atoms with Gasteiger partial charge in [-0.1, -0.05) is 6.07 Å². The number of thioether (sulfide) groups is 1. The van der Waals surface area contributed by atoms with Gasteiger partial charge in [0.05, 0.1) is 5.56 Å². The van der Waals surface area contributed by atoms with Crippen LogP contribution < -0.4 is 5.73 Å². The first kappa shape index (κ1) is 13.4. The van der Waals surface area contributed by atoms with E-state index in [0.29, 0.717) is 12.0 Å². The van der Waals surface area contributed by atoms with Gasteiger partial charge in [-0.3, -0.25) is 0 Å². The van der Waals surface area contributed by atoms with Crippen LogP contribution in [0.15, 0.2) is 23.1 Å². The number of rotatable bonds is 3. The van der Waals surface area contributed by atoms with E-state index in [-0.39, 0.29) is 10.9 Å². The second-order valence-electron chi connectivity index (χ2n) is 3.71. The van der Waals surface area contributed by atoms with E-state index in [2.05, 4.69) is 0 Å². The van der Waals surface area contributed by atoms with E-state index in [4.69, 9.17) is 5.73 Å². The average Bonchev–Trinajstić information content (AvgIpc) is 2.15. The highest BCUT2D eigenvalue weighted by atomic mass is 32.2. The van der Waals surface area contributed by atoms with Gasteiger partial charge in [0, 0.05) is 10.9 Å². The summed E-state index contributed by atoms with van der Waals surface area (Å²) in [6, 6.07) is 4.26. The Kier molecular flexibility index (Phi) is 4.27. The summed E-state index contributed by atoms with van der Waals surface area (Å²) < 4.78 is 38.1. The highest BCUT2D eigenvalue weighted by Gasteiger charge is 2.33. The molecule has 2 N–H and O–H groups in total. The quantitative estimate of drug-likeness (QED) is 0.832. The van der Waals surface area contributed by atoms with E-state index in [0.717, 1.165) is 11.8 Å². The molecule has 90 valence electrons. The molecular formula is C11H14F3NS. The van der Waals surface area contributed by atoms with Crippen molar-refractivity contribution in [3.63, 3.8) is 0 Å². The minimum atomic E-state index is -4.30. The second-order valence-corrected chi connectivity index (χ2v) is 4.56. The lowest BCUT2D eigenvalue weighted by Crippen LogP contribution is -2.18. The standard InChI is InChI=1S/C11H14F3NS/c1-7(15)5-8-3-4-10(16-2)9(6-8)11(12,13)14/h3-4,6-7H,5,15H2,1-2H3. The van der Waals surface area contributed by atoms with Crippen LogP contribution in [0.4, 0.5) is 13.2 Å². The van der Waals surface area contributed by atoms with Crippen molar-refractivity contribution in [2.75, 3.05) is 6.26 Å². The molecule has 0 aliphatic rings. The molecule has 1 unspecified atom stereocenters. The van der Waals surface area contributed by atoms with Crippen LogP contribution in [-0.2, 0) is 12.6 Å². The molecule has 16 heavy (non-hydrogen) atoms. The fourth-order valence-corrected chi connectivity index (χ4v) is 2.07. The van der Waals surface area contributed by atoms with Crippen LogP contribution in [0, 0.1) is 0 Å². The van der Waals surface area contributed by atoms with Crippen LogP contribution in [0.2, 0.25) is 0 Å². The van der Waals surface area contributed by atoms with Crippen molar-refractivity contribution in [3.05, 3.63) is 29.3 Å². The Bertz CT molecular complexity index is 361. The molecule has 1 aromatic carbocycles. The molecule has 0 radical (unpaired) electrons. The molecule has 0 saturated heterocycles. The number of hydrogen-bond donors (Lipinski definition) is 1. The third-order valence-electron chi connectivity index (χ3n) is 2.13. The van der Waals surface area contributed by atoms with Gasteiger partial charge >= 0.3 is 6.18 Å². The molecule has 1 nitrogen and oxygen atoms in total. The Labute approximate surface area is 97.2 Å². The van der Waals surface area contributed by atoms with Crippen LogP contribution in [0.5, 0.6) is 0 Å². The Morgan fingerprint density at radius 3 is 2.44 bits per heavy atom. The highest BCUT2D eigenvalue weighted by molar-refractivity contribution is 7.98. The molecule has 1 aromatic rings. The summed E-state index contributed by atoms with van der Waals surface area (Å²) in [5.74, 6) is 0. The number of nitrogens with two attached hydrogens (primary N) is 1. The molecule has 0 heterocycles. The van der Waals surface area contributed by atoms with Crippen molar-refractivity contribution in [3.8, 4) is 0 Å². The Hall–Kier alpha value is -0.680. The lowest BCUT2D eigenvalue weighted by molar-refractivity contribution is -0.139. The molecular weight excluding hydrogens is 235 g/mol. The largest absolute Gasteiger partial charge is 0.417 e. The van der Waals surface area contributed by atoms with Crippen molar-refractivity contribution in [2.45, 2.75) is 30.5 Å². The first-order chi connectivity index (χ1) is 7.34. The molecule has 0 fully saturated rings. The van der Waals surface area contributed by atoms with Gasteiger partial charge in [-0.25, -0.2) is 0 Å². The van der Waals surface area contributed by atoms with Crippen LogP contribution in [-0.4, -0.2) is 12.3 Å². The Morgan fingerprint density at radius 2 is 2.00 bits per heavy atom. The summed E-state index contributed by atoms with van der Waals surface area (Å²) in [5.41, 5.74) is 5.62. The zero-order valence-corrected chi connectivity index (χ0v) is 9.95. The van der Waals surface area contributed by atoms with Crippen molar-refractivity contribution in [1.29, 1.82) is 0 Å². The highest BCUT2D eigenvalue weighted by Crippen LogP contribution is 2.36. The lowest BCUT2D eigenvalue weighted by Gasteiger charge is -2.14. The molecule has 0 aliphatic heterocycles. The molecule has 0 bridgehead atoms. The smallest absolute Gasteiger partial charge is 0.328 e. The minimum Gasteiger partial charge on any atom is -0.328 e. The monoisotopic (exact) mass is 249 g/mol. The predicted molar refractivity (Wildman–Crippen MR) is 60.6 cm³/mol. The van der Waals surface area contributed by atoms with E-state index in [1.807, 2.05) is 0 Å². The summed E-state index contributed by atoms with van der Waals surface area (Å²) in [7, 11) is 0. The van der Waals surface area contributed by atoms with Gasteiger partial charge in [-0.2, -0.15) is 13.2 Å². The number of halogens is 3. The first-order valence-electron chi connectivity index (χ1n) is 4.84. The zero-order valence-electron chi connectivity index (χ0n) is 9.14. The predicted octanol–water partition coefficient (Wildman–Crippen LogP) is 3.32. The van der Waals surface area contributed by atoms with E-state index in [9.17, 15) is 13.2 Å². The molecule has 0 saturated carbocycles. The van der Waals surface area contributed by atoms with Crippen LogP contribution >= 0.6 is 11.8 Å². The van der Waals surface area contributed by atoms with Gasteiger partial charge in [0.2, 0.25) is 0 Å². The average molecular weight is 249 g/mol. The summed E-state index contributed by atoms with van der Waals surface area (Å²) in [6.45, 7) is 1.77. The lowest BCUT2D eigenvalue weighted by atomic mass is 10.0. The SMILES string of the molecule is CSc1ccc(CC(C)N)cc1C(F)(F)F. The normalized spacial score (nSPS) is 13.9. The molecule has 0 aliphatic carbocycles. The fourth-order valence-electron chi connectivity index (χ4n) is 1.48. The Balaban J connectivity index is 3.12. The number of hydrogen-bond acceptors (Lipinski definition) is 2. The first-order valence-corrected chi connectivity index (χ1v) is 6.06. The summed E-state index contributed by atoms with van der Waals surface area (Å²) in [6.07, 6.45) is -2.21. The van der Waals surface area contributed by atoms with E-state index < -0.39 is 11.7 Å². The van der Waals surface area contributed by atoms with Gasteiger partial charge in [-0.15, -0.1) is 11.8 Å². The zero-order chi connectivity index (χ0) is 12.3. The van der Waals surface area contributed by atoms with Gasteiger partial charge in [0.15, 0.2) is 0 Å². The molecule has 0 aromatic heterocycles.